The Balaban J connectivity index is 3.70. The van der Waals surface area contributed by atoms with E-state index in [2.05, 4.69) is 22.9 Å². The number of hydrogen-bond acceptors (Lipinski definition) is 3. The van der Waals surface area contributed by atoms with Crippen molar-refractivity contribution in [2.45, 2.75) is 109 Å². The molecule has 1 atom stereocenters. The molecule has 0 saturated carbocycles. The smallest absolute Gasteiger partial charge is 0.405 e. The number of carboxylic acid groups (broad SMARTS) is 2. The van der Waals surface area contributed by atoms with Crippen LogP contribution in [0.3, 0.4) is 0 Å². The first-order chi connectivity index (χ1) is 14.5. The van der Waals surface area contributed by atoms with Gasteiger partial charge in [-0.25, -0.2) is 9.59 Å². The van der Waals surface area contributed by atoms with E-state index < -0.39 is 18.2 Å². The van der Waals surface area contributed by atoms with Gasteiger partial charge in [0.1, 0.15) is 6.04 Å². The number of nitrogens with one attached hydrogen (secondary N) is 3. The fourth-order valence-electron chi connectivity index (χ4n) is 3.39. The summed E-state index contributed by atoms with van der Waals surface area (Å²) in [6.07, 6.45) is 14.2. The molecule has 0 radical (unpaired) electrons. The van der Waals surface area contributed by atoms with Gasteiger partial charge in [0, 0.05) is 13.1 Å². The first-order valence-corrected chi connectivity index (χ1v) is 11.7. The minimum atomic E-state index is -1.23. The second-order valence-electron chi connectivity index (χ2n) is 7.91. The predicted molar refractivity (Wildman–Crippen MR) is 119 cm³/mol. The SMILES string of the molecule is CCCCCCCCCCCCCCNC(=O)[C@@H](CCCCNC(=O)O)NC(=O)O. The van der Waals surface area contributed by atoms with E-state index in [4.69, 9.17) is 10.2 Å². The third-order valence-electron chi connectivity index (χ3n) is 5.14. The summed E-state index contributed by atoms with van der Waals surface area (Å²) in [6, 6.07) is -0.801. The maximum absolute atomic E-state index is 12.2. The second-order valence-corrected chi connectivity index (χ2v) is 7.91. The van der Waals surface area contributed by atoms with Crippen LogP contribution in [0, 0.1) is 0 Å². The second kappa shape index (κ2) is 20.3. The zero-order valence-corrected chi connectivity index (χ0v) is 18.7. The van der Waals surface area contributed by atoms with Crippen molar-refractivity contribution in [3.8, 4) is 0 Å². The Kier molecular flexibility index (Phi) is 18.9. The van der Waals surface area contributed by atoms with E-state index in [9.17, 15) is 14.4 Å². The number of rotatable bonds is 20. The summed E-state index contributed by atoms with van der Waals surface area (Å²) in [7, 11) is 0. The van der Waals surface area contributed by atoms with E-state index in [0.29, 0.717) is 25.8 Å². The maximum Gasteiger partial charge on any atom is 0.405 e. The van der Waals surface area contributed by atoms with E-state index in [1.165, 1.54) is 64.2 Å². The molecule has 3 amide bonds. The fraction of sp³-hybridized carbons (Fsp3) is 0.864. The molecule has 0 aliphatic heterocycles. The van der Waals surface area contributed by atoms with Gasteiger partial charge in [-0.2, -0.15) is 0 Å². The highest BCUT2D eigenvalue weighted by Crippen LogP contribution is 2.11. The topological polar surface area (TPSA) is 128 Å². The first kappa shape index (κ1) is 28.0. The van der Waals surface area contributed by atoms with Gasteiger partial charge in [0.2, 0.25) is 5.91 Å². The Bertz CT molecular complexity index is 460. The summed E-state index contributed by atoms with van der Waals surface area (Å²) in [5.74, 6) is -0.313. The Labute approximate surface area is 181 Å². The van der Waals surface area contributed by atoms with Gasteiger partial charge < -0.3 is 26.2 Å². The van der Waals surface area contributed by atoms with Crippen molar-refractivity contribution in [1.82, 2.24) is 16.0 Å². The van der Waals surface area contributed by atoms with Crippen LogP contribution in [-0.2, 0) is 4.79 Å². The molecule has 0 rings (SSSR count). The summed E-state index contributed by atoms with van der Waals surface area (Å²) >= 11 is 0. The Morgan fingerprint density at radius 2 is 1.10 bits per heavy atom. The van der Waals surface area contributed by atoms with Crippen LogP contribution in [-0.4, -0.2) is 47.4 Å². The van der Waals surface area contributed by atoms with Crippen LogP contribution in [0.1, 0.15) is 103 Å². The summed E-state index contributed by atoms with van der Waals surface area (Å²) in [5.41, 5.74) is 0. The zero-order chi connectivity index (χ0) is 22.5. The molecule has 0 spiro atoms. The van der Waals surface area contributed by atoms with Crippen LogP contribution in [0.2, 0.25) is 0 Å². The summed E-state index contributed by atoms with van der Waals surface area (Å²) < 4.78 is 0. The van der Waals surface area contributed by atoms with Crippen molar-refractivity contribution in [2.24, 2.45) is 0 Å². The molecule has 5 N–H and O–H groups in total. The largest absolute Gasteiger partial charge is 0.465 e. The molecular weight excluding hydrogens is 386 g/mol. The molecule has 0 fully saturated rings. The minimum Gasteiger partial charge on any atom is -0.465 e. The standard InChI is InChI=1S/C22H43N3O5/c1-2-3-4-5-6-7-8-9-10-11-12-14-17-23-20(26)19(25-22(29)30)16-13-15-18-24-21(27)28/h19,24-25H,2-18H2,1H3,(H,23,26)(H,27,28)(H,29,30)/t19-/m1/s1. The highest BCUT2D eigenvalue weighted by molar-refractivity contribution is 5.85. The molecule has 176 valence electrons. The van der Waals surface area contributed by atoms with E-state index in [0.717, 1.165) is 12.8 Å². The van der Waals surface area contributed by atoms with Crippen molar-refractivity contribution in [3.63, 3.8) is 0 Å². The van der Waals surface area contributed by atoms with Crippen LogP contribution in [0.25, 0.3) is 0 Å². The quantitative estimate of drug-likeness (QED) is 0.176. The van der Waals surface area contributed by atoms with E-state index >= 15 is 0 Å². The van der Waals surface area contributed by atoms with Crippen LogP contribution in [0.5, 0.6) is 0 Å². The monoisotopic (exact) mass is 429 g/mol. The fourth-order valence-corrected chi connectivity index (χ4v) is 3.39. The summed E-state index contributed by atoms with van der Waals surface area (Å²) in [6.45, 7) is 3.08. The van der Waals surface area contributed by atoms with Crippen LogP contribution < -0.4 is 16.0 Å². The Morgan fingerprint density at radius 1 is 0.633 bits per heavy atom. The lowest BCUT2D eigenvalue weighted by molar-refractivity contribution is -0.123. The number of amides is 3. The molecule has 0 heterocycles. The molecule has 0 aromatic rings. The molecule has 8 nitrogen and oxygen atoms in total. The van der Waals surface area contributed by atoms with Gasteiger partial charge >= 0.3 is 12.2 Å². The zero-order valence-electron chi connectivity index (χ0n) is 18.7. The average molecular weight is 430 g/mol. The first-order valence-electron chi connectivity index (χ1n) is 11.7. The van der Waals surface area contributed by atoms with E-state index in [1.807, 2.05) is 0 Å². The lowest BCUT2D eigenvalue weighted by atomic mass is 10.1. The number of unbranched alkanes of at least 4 members (excludes halogenated alkanes) is 12. The van der Waals surface area contributed by atoms with Crippen LogP contribution in [0.15, 0.2) is 0 Å². The molecule has 0 saturated heterocycles. The average Bonchev–Trinajstić information content (AvgIpc) is 2.69. The lowest BCUT2D eigenvalue weighted by Gasteiger charge is -2.16. The molecular formula is C22H43N3O5. The van der Waals surface area contributed by atoms with Crippen molar-refractivity contribution in [2.75, 3.05) is 13.1 Å². The van der Waals surface area contributed by atoms with Crippen molar-refractivity contribution < 1.29 is 24.6 Å². The Morgan fingerprint density at radius 3 is 1.60 bits per heavy atom. The van der Waals surface area contributed by atoms with Gasteiger partial charge in [-0.05, 0) is 25.7 Å². The predicted octanol–water partition coefficient (Wildman–Crippen LogP) is 4.88. The minimum absolute atomic E-state index is 0.287. The molecule has 0 aliphatic carbocycles. The highest BCUT2D eigenvalue weighted by Gasteiger charge is 2.19. The molecule has 0 unspecified atom stereocenters. The van der Waals surface area contributed by atoms with Gasteiger partial charge in [-0.15, -0.1) is 0 Å². The van der Waals surface area contributed by atoms with Gasteiger partial charge in [0.05, 0.1) is 0 Å². The van der Waals surface area contributed by atoms with Crippen LogP contribution in [0.4, 0.5) is 9.59 Å². The Hall–Kier alpha value is -1.99. The van der Waals surface area contributed by atoms with Gasteiger partial charge in [-0.3, -0.25) is 4.79 Å². The number of carbonyl (C=O) groups excluding carboxylic acids is 1. The van der Waals surface area contributed by atoms with Gasteiger partial charge in [0.15, 0.2) is 0 Å². The molecule has 0 aromatic heterocycles. The summed E-state index contributed by atoms with van der Waals surface area (Å²) in [4.78, 5) is 33.5. The molecule has 8 heteroatoms. The molecule has 0 bridgehead atoms. The van der Waals surface area contributed by atoms with Crippen molar-refractivity contribution >= 4 is 18.1 Å². The third kappa shape index (κ3) is 19.3. The van der Waals surface area contributed by atoms with Gasteiger partial charge in [-0.1, -0.05) is 77.6 Å². The van der Waals surface area contributed by atoms with Gasteiger partial charge in [0.25, 0.3) is 0 Å². The highest BCUT2D eigenvalue weighted by atomic mass is 16.4. The van der Waals surface area contributed by atoms with E-state index in [1.54, 1.807) is 0 Å². The number of hydrogen-bond donors (Lipinski definition) is 5. The summed E-state index contributed by atoms with van der Waals surface area (Å²) in [5, 5.41) is 24.7. The molecule has 0 aromatic carbocycles. The maximum atomic E-state index is 12.2. The number of carbonyl (C=O) groups is 3. The molecule has 0 aliphatic rings. The molecule has 30 heavy (non-hydrogen) atoms. The van der Waals surface area contributed by atoms with Crippen molar-refractivity contribution in [3.05, 3.63) is 0 Å². The van der Waals surface area contributed by atoms with Crippen LogP contribution >= 0.6 is 0 Å². The lowest BCUT2D eigenvalue weighted by Crippen LogP contribution is -2.46. The van der Waals surface area contributed by atoms with E-state index in [-0.39, 0.29) is 12.5 Å². The normalized spacial score (nSPS) is 11.6. The van der Waals surface area contributed by atoms with Crippen molar-refractivity contribution in [1.29, 1.82) is 0 Å². The third-order valence-corrected chi connectivity index (χ3v) is 5.14.